The molecule has 1 aliphatic heterocycles. The summed E-state index contributed by atoms with van der Waals surface area (Å²) in [5.74, 6) is 0.969. The van der Waals surface area contributed by atoms with Gasteiger partial charge in [-0.3, -0.25) is 4.79 Å². The average molecular weight is 533 g/mol. The van der Waals surface area contributed by atoms with Crippen molar-refractivity contribution in [3.05, 3.63) is 89.7 Å². The van der Waals surface area contributed by atoms with Crippen molar-refractivity contribution in [3.8, 4) is 17.6 Å². The summed E-state index contributed by atoms with van der Waals surface area (Å²) >= 11 is 1.56. The maximum absolute atomic E-state index is 13.2. The molecule has 5 nitrogen and oxygen atoms in total. The summed E-state index contributed by atoms with van der Waals surface area (Å²) in [4.78, 5) is 16.2. The van der Waals surface area contributed by atoms with Crippen LogP contribution in [0.1, 0.15) is 41.6 Å². The first-order valence-corrected chi connectivity index (χ1v) is 13.7. The molecule has 0 N–H and O–H groups in total. The lowest BCUT2D eigenvalue weighted by molar-refractivity contribution is 0.0838. The number of ether oxygens (including phenoxy) is 2. The second-order valence-electron chi connectivity index (χ2n) is 9.51. The van der Waals surface area contributed by atoms with Crippen LogP contribution in [0.5, 0.6) is 11.5 Å². The van der Waals surface area contributed by atoms with Gasteiger partial charge in [-0.1, -0.05) is 36.0 Å². The maximum atomic E-state index is 13.2. The zero-order valence-corrected chi connectivity index (χ0v) is 22.7. The lowest BCUT2D eigenvalue weighted by Crippen LogP contribution is -2.37. The van der Waals surface area contributed by atoms with Gasteiger partial charge in [0.1, 0.15) is 10.6 Å². The van der Waals surface area contributed by atoms with Crippen molar-refractivity contribution in [2.24, 2.45) is 5.92 Å². The van der Waals surface area contributed by atoms with Gasteiger partial charge in [-0.25, -0.2) is 4.39 Å². The van der Waals surface area contributed by atoms with E-state index in [0.29, 0.717) is 23.5 Å². The Morgan fingerprint density at radius 3 is 2.34 bits per heavy atom. The summed E-state index contributed by atoms with van der Waals surface area (Å²) < 4.78 is 23.4. The van der Waals surface area contributed by atoms with E-state index in [1.165, 1.54) is 12.1 Å². The number of Topliss-reactive ketones (excluding diaryl/α,β-unsaturated/α-hetero) is 1. The van der Waals surface area contributed by atoms with Crippen molar-refractivity contribution in [2.45, 2.75) is 35.3 Å². The number of thioether (sulfide) groups is 1. The number of methoxy groups -OCH3 is 2. The molecule has 0 saturated carbocycles. The second kappa shape index (κ2) is 12.9. The molecule has 1 fully saturated rings. The van der Waals surface area contributed by atoms with Gasteiger partial charge in [-0.2, -0.15) is 5.26 Å². The molecule has 0 aliphatic carbocycles. The topological polar surface area (TPSA) is 62.6 Å². The van der Waals surface area contributed by atoms with Crippen molar-refractivity contribution < 1.29 is 18.7 Å². The number of piperidine rings is 1. The van der Waals surface area contributed by atoms with E-state index in [2.05, 4.69) is 11.0 Å². The molecule has 1 aliphatic rings. The predicted molar refractivity (Wildman–Crippen MR) is 148 cm³/mol. The SMILES string of the molecule is COc1ccc(C(C#N)(CCCN2CCC(C(=O)c3ccc(F)cc3)CC2)Sc2ccccc2)cc1OC. The average Bonchev–Trinajstić information content (AvgIpc) is 2.97. The highest BCUT2D eigenvalue weighted by Crippen LogP contribution is 2.46. The van der Waals surface area contributed by atoms with E-state index in [9.17, 15) is 14.4 Å². The minimum atomic E-state index is -0.794. The van der Waals surface area contributed by atoms with Crippen LogP contribution in [0.2, 0.25) is 0 Å². The summed E-state index contributed by atoms with van der Waals surface area (Å²) in [5, 5.41) is 10.5. The van der Waals surface area contributed by atoms with Crippen LogP contribution in [0.15, 0.2) is 77.7 Å². The molecular formula is C31H33FN2O3S. The van der Waals surface area contributed by atoms with Crippen LogP contribution >= 0.6 is 11.8 Å². The van der Waals surface area contributed by atoms with Crippen LogP contribution in [0.3, 0.4) is 0 Å². The Labute approximate surface area is 228 Å². The largest absolute Gasteiger partial charge is 0.493 e. The molecule has 0 spiro atoms. The number of nitrogens with zero attached hydrogens (tertiary/aromatic N) is 2. The van der Waals surface area contributed by atoms with Gasteiger partial charge in [-0.15, -0.1) is 0 Å². The highest BCUT2D eigenvalue weighted by atomic mass is 32.2. The molecule has 198 valence electrons. The molecule has 1 saturated heterocycles. The number of ketones is 1. The molecule has 7 heteroatoms. The van der Waals surface area contributed by atoms with Crippen LogP contribution in [-0.4, -0.2) is 44.5 Å². The summed E-state index contributed by atoms with van der Waals surface area (Å²) in [6.07, 6.45) is 3.06. The van der Waals surface area contributed by atoms with Gasteiger partial charge >= 0.3 is 0 Å². The number of rotatable bonds is 11. The van der Waals surface area contributed by atoms with E-state index >= 15 is 0 Å². The lowest BCUT2D eigenvalue weighted by atomic mass is 9.88. The van der Waals surface area contributed by atoms with Crippen LogP contribution < -0.4 is 9.47 Å². The van der Waals surface area contributed by atoms with E-state index in [-0.39, 0.29) is 17.5 Å². The van der Waals surface area contributed by atoms with Crippen molar-refractivity contribution in [2.75, 3.05) is 33.9 Å². The monoisotopic (exact) mass is 532 g/mol. The highest BCUT2D eigenvalue weighted by Gasteiger charge is 2.35. The zero-order chi connectivity index (χ0) is 27.0. The molecule has 0 radical (unpaired) electrons. The van der Waals surface area contributed by atoms with Crippen molar-refractivity contribution in [1.82, 2.24) is 4.90 Å². The number of hydrogen-bond donors (Lipinski definition) is 0. The molecule has 1 unspecified atom stereocenters. The molecule has 38 heavy (non-hydrogen) atoms. The van der Waals surface area contributed by atoms with Crippen molar-refractivity contribution in [3.63, 3.8) is 0 Å². The van der Waals surface area contributed by atoms with Crippen molar-refractivity contribution >= 4 is 17.5 Å². The van der Waals surface area contributed by atoms with Gasteiger partial charge < -0.3 is 14.4 Å². The first-order valence-electron chi connectivity index (χ1n) is 12.9. The van der Waals surface area contributed by atoms with Crippen LogP contribution in [0, 0.1) is 23.1 Å². The third-order valence-electron chi connectivity index (χ3n) is 7.16. The van der Waals surface area contributed by atoms with E-state index in [4.69, 9.17) is 9.47 Å². The Balaban J connectivity index is 1.42. The molecule has 3 aromatic rings. The Bertz CT molecular complexity index is 1250. The minimum absolute atomic E-state index is 0.0321. The number of likely N-dealkylation sites (tertiary alicyclic amines) is 1. The summed E-state index contributed by atoms with van der Waals surface area (Å²) in [7, 11) is 3.20. The maximum Gasteiger partial charge on any atom is 0.166 e. The fourth-order valence-corrected chi connectivity index (χ4v) is 6.23. The fourth-order valence-electron chi connectivity index (χ4n) is 4.99. The molecule has 0 amide bonds. The Morgan fingerprint density at radius 2 is 1.71 bits per heavy atom. The molecule has 4 rings (SSSR count). The minimum Gasteiger partial charge on any atom is -0.493 e. The number of benzene rings is 3. The molecule has 0 aromatic heterocycles. The highest BCUT2D eigenvalue weighted by molar-refractivity contribution is 8.00. The van der Waals surface area contributed by atoms with Crippen LogP contribution in [0.4, 0.5) is 4.39 Å². The first-order chi connectivity index (χ1) is 18.5. The standard InChI is InChI=1S/C31H33FN2O3S/c1-36-28-14-11-25(21-29(28)37-2)31(22-33,38-27-7-4-3-5-8-27)17-6-18-34-19-15-24(16-20-34)30(35)23-9-12-26(32)13-10-23/h3-5,7-14,21,24H,6,15-20H2,1-2H3. The normalized spacial score (nSPS) is 15.8. The van der Waals surface area contributed by atoms with Gasteiger partial charge in [0.15, 0.2) is 17.3 Å². The summed E-state index contributed by atoms with van der Waals surface area (Å²) in [6.45, 7) is 2.52. The van der Waals surface area contributed by atoms with Gasteiger partial charge in [0.25, 0.3) is 0 Å². The molecular weight excluding hydrogens is 499 g/mol. The van der Waals surface area contributed by atoms with E-state index in [0.717, 1.165) is 49.4 Å². The Morgan fingerprint density at radius 1 is 1.03 bits per heavy atom. The number of halogens is 1. The van der Waals surface area contributed by atoms with Gasteiger partial charge in [0, 0.05) is 16.4 Å². The lowest BCUT2D eigenvalue weighted by Gasteiger charge is -2.33. The number of nitriles is 1. The van der Waals surface area contributed by atoms with E-state index < -0.39 is 4.75 Å². The fraction of sp³-hybridized carbons (Fsp3) is 0.355. The van der Waals surface area contributed by atoms with Crippen LogP contribution in [0.25, 0.3) is 0 Å². The zero-order valence-electron chi connectivity index (χ0n) is 21.9. The third-order valence-corrected chi connectivity index (χ3v) is 8.54. The van der Waals surface area contributed by atoms with E-state index in [1.54, 1.807) is 38.1 Å². The van der Waals surface area contributed by atoms with E-state index in [1.807, 2.05) is 48.5 Å². The second-order valence-corrected chi connectivity index (χ2v) is 10.9. The predicted octanol–water partition coefficient (Wildman–Crippen LogP) is 6.73. The quantitative estimate of drug-likeness (QED) is 0.202. The third kappa shape index (κ3) is 6.56. The van der Waals surface area contributed by atoms with Crippen LogP contribution in [-0.2, 0) is 4.75 Å². The molecule has 1 heterocycles. The molecule has 3 aromatic carbocycles. The molecule has 1 atom stereocenters. The smallest absolute Gasteiger partial charge is 0.166 e. The number of carbonyl (C=O) groups excluding carboxylic acids is 1. The van der Waals surface area contributed by atoms with Gasteiger partial charge in [-0.05, 0) is 99.4 Å². The first kappa shape index (κ1) is 27.7. The molecule has 0 bridgehead atoms. The van der Waals surface area contributed by atoms with Gasteiger partial charge in [0.2, 0.25) is 0 Å². The summed E-state index contributed by atoms with van der Waals surface area (Å²) in [5.41, 5.74) is 1.46. The van der Waals surface area contributed by atoms with Crippen molar-refractivity contribution in [1.29, 1.82) is 5.26 Å². The van der Waals surface area contributed by atoms with Gasteiger partial charge in [0.05, 0.1) is 20.3 Å². The number of carbonyl (C=O) groups is 1. The Hall–Kier alpha value is -3.34. The summed E-state index contributed by atoms with van der Waals surface area (Å²) in [6, 6.07) is 24.2. The number of hydrogen-bond acceptors (Lipinski definition) is 6. The Kier molecular flexibility index (Phi) is 9.43.